The lowest BCUT2D eigenvalue weighted by atomic mass is 9.99. The first kappa shape index (κ1) is 31.8. The Kier molecular flexibility index (Phi) is 7.38. The summed E-state index contributed by atoms with van der Waals surface area (Å²) in [6.07, 6.45) is 1.96. The van der Waals surface area contributed by atoms with E-state index in [2.05, 4.69) is 108 Å². The maximum atomic E-state index is 6.63. The summed E-state index contributed by atoms with van der Waals surface area (Å²) in [4.78, 5) is 20.8. The second-order valence-electron chi connectivity index (χ2n) is 13.9. The molecule has 0 fully saturated rings. The molecule has 7 aromatic carbocycles. The van der Waals surface area contributed by atoms with Gasteiger partial charge in [-0.05, 0) is 53.1 Å². The van der Waals surface area contributed by atoms with Gasteiger partial charge in [0.25, 0.3) is 0 Å². The van der Waals surface area contributed by atoms with E-state index in [-0.39, 0.29) is 0 Å². The Labute approximate surface area is 322 Å². The molecule has 0 aliphatic heterocycles. The van der Waals surface area contributed by atoms with Crippen LogP contribution >= 0.6 is 0 Å². The van der Waals surface area contributed by atoms with Crippen LogP contribution in [0.4, 0.5) is 0 Å². The zero-order valence-electron chi connectivity index (χ0n) is 30.0. The van der Waals surface area contributed by atoms with Crippen molar-refractivity contribution in [1.82, 2.24) is 24.5 Å². The third-order valence-electron chi connectivity index (χ3n) is 10.5. The highest BCUT2D eigenvalue weighted by atomic mass is 16.3. The van der Waals surface area contributed by atoms with Crippen LogP contribution < -0.4 is 0 Å². The van der Waals surface area contributed by atoms with Crippen molar-refractivity contribution in [3.63, 3.8) is 0 Å². The van der Waals surface area contributed by atoms with Crippen LogP contribution in [0.2, 0.25) is 0 Å². The largest absolute Gasteiger partial charge is 0.455 e. The molecule has 0 amide bonds. The monoisotopic (exact) mass is 717 g/mol. The average Bonchev–Trinajstić information content (AvgIpc) is 3.83. The van der Waals surface area contributed by atoms with E-state index in [1.54, 1.807) is 0 Å². The molecule has 4 heterocycles. The number of para-hydroxylation sites is 2. The molecular weight excluding hydrogens is 687 g/mol. The Hall–Kier alpha value is -7.70. The minimum Gasteiger partial charge on any atom is -0.455 e. The molecular formula is C50H31N5O. The van der Waals surface area contributed by atoms with Crippen LogP contribution in [0.3, 0.4) is 0 Å². The van der Waals surface area contributed by atoms with E-state index in [1.807, 2.05) is 85.1 Å². The van der Waals surface area contributed by atoms with Crippen molar-refractivity contribution in [3.05, 3.63) is 188 Å². The first-order valence-electron chi connectivity index (χ1n) is 18.6. The Morgan fingerprint density at radius 3 is 1.68 bits per heavy atom. The van der Waals surface area contributed by atoms with Crippen LogP contribution in [-0.4, -0.2) is 24.5 Å². The molecule has 0 aliphatic carbocycles. The Morgan fingerprint density at radius 1 is 0.393 bits per heavy atom. The highest BCUT2D eigenvalue weighted by Gasteiger charge is 2.23. The van der Waals surface area contributed by atoms with Crippen molar-refractivity contribution in [2.24, 2.45) is 0 Å². The lowest BCUT2D eigenvalue weighted by Gasteiger charge is -2.15. The zero-order chi connectivity index (χ0) is 37.0. The van der Waals surface area contributed by atoms with E-state index < -0.39 is 0 Å². The molecule has 0 unspecified atom stereocenters. The summed E-state index contributed by atoms with van der Waals surface area (Å²) < 4.78 is 8.85. The standard InChI is InChI=1S/C50H31N5O/c1-4-15-32(16-5-1)35-21-14-22-36(29-35)37-30-41(49-53-47(33-17-6-2-7-18-33)52-48(54-49)34-19-8-3-9-20-34)50(51-31-37)55-42-25-12-10-24-40(42)45-43(55)28-27-39-38-23-11-13-26-44(38)56-46(39)45/h1-31H. The highest BCUT2D eigenvalue weighted by molar-refractivity contribution is 6.23. The van der Waals surface area contributed by atoms with Gasteiger partial charge in [0.05, 0.1) is 22.0 Å². The fourth-order valence-electron chi connectivity index (χ4n) is 7.86. The van der Waals surface area contributed by atoms with Crippen molar-refractivity contribution < 1.29 is 4.42 Å². The molecule has 0 saturated carbocycles. The third-order valence-corrected chi connectivity index (χ3v) is 10.5. The number of aromatic nitrogens is 5. The molecule has 0 N–H and O–H groups in total. The minimum absolute atomic E-state index is 0.525. The number of benzene rings is 7. The number of hydrogen-bond acceptors (Lipinski definition) is 5. The first-order chi connectivity index (χ1) is 27.8. The van der Waals surface area contributed by atoms with Crippen LogP contribution in [0, 0.1) is 0 Å². The quantitative estimate of drug-likeness (QED) is 0.171. The van der Waals surface area contributed by atoms with Gasteiger partial charge in [-0.2, -0.15) is 0 Å². The summed E-state index contributed by atoms with van der Waals surface area (Å²) in [5.41, 5.74) is 10.5. The second kappa shape index (κ2) is 13.0. The van der Waals surface area contributed by atoms with Crippen LogP contribution in [0.25, 0.3) is 106 Å². The molecule has 0 atom stereocenters. The van der Waals surface area contributed by atoms with E-state index in [4.69, 9.17) is 24.4 Å². The Bertz CT molecular complexity index is 3190. The first-order valence-corrected chi connectivity index (χ1v) is 18.6. The van der Waals surface area contributed by atoms with E-state index in [0.717, 1.165) is 82.7 Å². The van der Waals surface area contributed by atoms with E-state index in [1.165, 1.54) is 0 Å². The predicted octanol–water partition coefficient (Wildman–Crippen LogP) is 12.6. The number of nitrogens with zero attached hydrogens (tertiary/aromatic N) is 5. The van der Waals surface area contributed by atoms with Gasteiger partial charge in [-0.25, -0.2) is 19.9 Å². The van der Waals surface area contributed by atoms with Gasteiger partial charge >= 0.3 is 0 Å². The second-order valence-corrected chi connectivity index (χ2v) is 13.9. The summed E-state index contributed by atoms with van der Waals surface area (Å²) in [6.45, 7) is 0. The van der Waals surface area contributed by atoms with Crippen molar-refractivity contribution in [3.8, 4) is 62.2 Å². The smallest absolute Gasteiger partial charge is 0.167 e. The molecule has 11 aromatic rings. The van der Waals surface area contributed by atoms with Crippen LogP contribution in [0.15, 0.2) is 193 Å². The number of fused-ring (bicyclic) bond motifs is 7. The summed E-state index contributed by atoms with van der Waals surface area (Å²) >= 11 is 0. The molecule has 0 saturated heterocycles. The molecule has 0 bridgehead atoms. The fourth-order valence-corrected chi connectivity index (χ4v) is 7.86. The molecule has 4 aromatic heterocycles. The lowest BCUT2D eigenvalue weighted by Crippen LogP contribution is -2.05. The Morgan fingerprint density at radius 2 is 0.964 bits per heavy atom. The SMILES string of the molecule is c1ccc(-c2cccc(-c3cnc(-n4c5ccccc5c5c6oc7ccccc7c6ccc54)c(-c4nc(-c5ccccc5)nc(-c5ccccc5)n4)c3)c2)cc1. The van der Waals surface area contributed by atoms with Crippen molar-refractivity contribution >= 4 is 43.7 Å². The van der Waals surface area contributed by atoms with Gasteiger partial charge in [0.2, 0.25) is 0 Å². The van der Waals surface area contributed by atoms with Crippen molar-refractivity contribution in [1.29, 1.82) is 0 Å². The van der Waals surface area contributed by atoms with Gasteiger partial charge in [0, 0.05) is 39.0 Å². The van der Waals surface area contributed by atoms with E-state index in [9.17, 15) is 0 Å². The molecule has 0 spiro atoms. The molecule has 262 valence electrons. The van der Waals surface area contributed by atoms with Crippen molar-refractivity contribution in [2.75, 3.05) is 0 Å². The molecule has 56 heavy (non-hydrogen) atoms. The Balaban J connectivity index is 1.21. The summed E-state index contributed by atoms with van der Waals surface area (Å²) in [6, 6.07) is 62.4. The molecule has 6 heteroatoms. The van der Waals surface area contributed by atoms with Crippen LogP contribution in [0.1, 0.15) is 0 Å². The number of hydrogen-bond donors (Lipinski definition) is 0. The molecule has 0 radical (unpaired) electrons. The van der Waals surface area contributed by atoms with Gasteiger partial charge in [0.15, 0.2) is 17.5 Å². The maximum Gasteiger partial charge on any atom is 0.167 e. The number of pyridine rings is 1. The zero-order valence-corrected chi connectivity index (χ0v) is 30.0. The van der Waals surface area contributed by atoms with Crippen LogP contribution in [-0.2, 0) is 0 Å². The van der Waals surface area contributed by atoms with Gasteiger partial charge < -0.3 is 4.42 Å². The minimum atomic E-state index is 0.525. The number of rotatable bonds is 6. The maximum absolute atomic E-state index is 6.63. The average molecular weight is 718 g/mol. The molecule has 6 nitrogen and oxygen atoms in total. The van der Waals surface area contributed by atoms with Gasteiger partial charge in [-0.15, -0.1) is 0 Å². The van der Waals surface area contributed by atoms with Gasteiger partial charge in [-0.1, -0.05) is 146 Å². The molecule has 0 aliphatic rings. The highest BCUT2D eigenvalue weighted by Crippen LogP contribution is 2.42. The van der Waals surface area contributed by atoms with E-state index >= 15 is 0 Å². The summed E-state index contributed by atoms with van der Waals surface area (Å²) in [7, 11) is 0. The van der Waals surface area contributed by atoms with Gasteiger partial charge in [0.1, 0.15) is 17.0 Å². The van der Waals surface area contributed by atoms with Crippen molar-refractivity contribution in [2.45, 2.75) is 0 Å². The summed E-state index contributed by atoms with van der Waals surface area (Å²) in [5, 5.41) is 4.28. The normalized spacial score (nSPS) is 11.6. The predicted molar refractivity (Wildman–Crippen MR) is 226 cm³/mol. The third kappa shape index (κ3) is 5.27. The van der Waals surface area contributed by atoms with Crippen LogP contribution in [0.5, 0.6) is 0 Å². The summed E-state index contributed by atoms with van der Waals surface area (Å²) in [5.74, 6) is 2.40. The molecule has 11 rings (SSSR count). The topological polar surface area (TPSA) is 69.6 Å². The van der Waals surface area contributed by atoms with E-state index in [0.29, 0.717) is 23.3 Å². The number of furan rings is 1. The lowest BCUT2D eigenvalue weighted by molar-refractivity contribution is 0.673. The van der Waals surface area contributed by atoms with Gasteiger partial charge in [-0.3, -0.25) is 4.57 Å². The fraction of sp³-hybridized carbons (Fsp3) is 0.